The lowest BCUT2D eigenvalue weighted by Crippen LogP contribution is -2.32. The van der Waals surface area contributed by atoms with Gasteiger partial charge in [-0.3, -0.25) is 10.2 Å². The molecule has 1 heterocycles. The Balaban J connectivity index is 2.36. The Morgan fingerprint density at radius 1 is 1.22 bits per heavy atom. The van der Waals surface area contributed by atoms with Gasteiger partial charge >= 0.3 is 0 Å². The number of aromatic nitrogens is 1. The molecule has 0 saturated carbocycles. The minimum atomic E-state index is -0.308. The van der Waals surface area contributed by atoms with Gasteiger partial charge in [-0.25, -0.2) is 10.8 Å². The number of carbonyl (C=O) groups is 1. The number of nitrogen functional groups attached to an aromatic ring is 1. The molecule has 0 aliphatic heterocycles. The Morgan fingerprint density at radius 3 is 2.70 bits per heavy atom. The van der Waals surface area contributed by atoms with E-state index in [1.54, 1.807) is 0 Å². The predicted molar refractivity (Wildman–Crippen MR) is 95.2 cm³/mol. The maximum Gasteiger partial charge on any atom is 0.284 e. The molecule has 1 unspecified atom stereocenters. The van der Waals surface area contributed by atoms with Crippen LogP contribution in [0.4, 0.5) is 0 Å². The molecule has 0 spiro atoms. The van der Waals surface area contributed by atoms with Gasteiger partial charge < -0.3 is 0 Å². The first-order valence-corrected chi connectivity index (χ1v) is 8.61. The summed E-state index contributed by atoms with van der Waals surface area (Å²) in [5, 5.41) is 1.07. The maximum atomic E-state index is 12.2. The molecule has 3 N–H and O–H groups in total. The number of fused-ring (bicyclic) bond motifs is 1. The van der Waals surface area contributed by atoms with E-state index in [-0.39, 0.29) is 5.91 Å². The molecule has 4 nitrogen and oxygen atoms in total. The number of nitrogens with two attached hydrogens (primary N) is 1. The number of pyridine rings is 1. The average molecular weight is 313 g/mol. The molecule has 1 amide bonds. The van der Waals surface area contributed by atoms with E-state index in [0.29, 0.717) is 11.6 Å². The highest BCUT2D eigenvalue weighted by Gasteiger charge is 2.20. The highest BCUT2D eigenvalue weighted by molar-refractivity contribution is 5.96. The van der Waals surface area contributed by atoms with Crippen molar-refractivity contribution in [2.24, 2.45) is 5.84 Å². The second kappa shape index (κ2) is 8.63. The van der Waals surface area contributed by atoms with Crippen LogP contribution in [0.15, 0.2) is 30.3 Å². The predicted octanol–water partition coefficient (Wildman–Crippen LogP) is 4.30. The van der Waals surface area contributed by atoms with Gasteiger partial charge in [0, 0.05) is 5.39 Å². The standard InChI is InChI=1S/C19H27N3O/c1-3-5-6-7-10-14(4-2)16-13-15-11-8-9-12-17(15)21-18(16)19(23)22-20/h8-9,11-14H,3-7,10,20H2,1-2H3,(H,22,23). The fourth-order valence-corrected chi connectivity index (χ4v) is 3.09. The van der Waals surface area contributed by atoms with Crippen molar-refractivity contribution < 1.29 is 4.79 Å². The fraction of sp³-hybridized carbons (Fsp3) is 0.474. The summed E-state index contributed by atoms with van der Waals surface area (Å²) in [4.78, 5) is 16.7. The summed E-state index contributed by atoms with van der Waals surface area (Å²) in [5.74, 6) is 5.39. The highest BCUT2D eigenvalue weighted by atomic mass is 16.2. The molecule has 0 aliphatic rings. The van der Waals surface area contributed by atoms with Crippen molar-refractivity contribution in [2.75, 3.05) is 0 Å². The number of carbonyl (C=O) groups excluding carboxylic acids is 1. The summed E-state index contributed by atoms with van der Waals surface area (Å²) in [5.41, 5.74) is 4.55. The van der Waals surface area contributed by atoms with E-state index in [4.69, 9.17) is 5.84 Å². The summed E-state index contributed by atoms with van der Waals surface area (Å²) in [6, 6.07) is 10.0. The number of nitrogens with one attached hydrogen (secondary N) is 1. The van der Waals surface area contributed by atoms with Crippen LogP contribution in [0.1, 0.15) is 74.3 Å². The van der Waals surface area contributed by atoms with Gasteiger partial charge in [0.2, 0.25) is 0 Å². The van der Waals surface area contributed by atoms with Gasteiger partial charge in [0.15, 0.2) is 0 Å². The molecular weight excluding hydrogens is 286 g/mol. The Labute approximate surface area is 138 Å². The van der Waals surface area contributed by atoms with Crippen molar-refractivity contribution in [2.45, 2.75) is 58.3 Å². The number of hydrogen-bond acceptors (Lipinski definition) is 3. The first-order valence-electron chi connectivity index (χ1n) is 8.61. The molecule has 0 aliphatic carbocycles. The minimum Gasteiger partial charge on any atom is -0.289 e. The normalized spacial score (nSPS) is 12.3. The first kappa shape index (κ1) is 17.4. The number of para-hydroxylation sites is 1. The largest absolute Gasteiger partial charge is 0.289 e. The molecule has 0 fully saturated rings. The molecule has 2 rings (SSSR count). The van der Waals surface area contributed by atoms with Crippen molar-refractivity contribution in [3.8, 4) is 0 Å². The Bertz CT molecular complexity index is 654. The monoisotopic (exact) mass is 313 g/mol. The molecule has 23 heavy (non-hydrogen) atoms. The van der Waals surface area contributed by atoms with Crippen LogP contribution in [0.3, 0.4) is 0 Å². The molecule has 0 saturated heterocycles. The van der Waals surface area contributed by atoms with E-state index < -0.39 is 0 Å². The van der Waals surface area contributed by atoms with Gasteiger partial charge in [0.25, 0.3) is 5.91 Å². The summed E-state index contributed by atoms with van der Waals surface area (Å²) in [6.07, 6.45) is 7.01. The van der Waals surface area contributed by atoms with E-state index >= 15 is 0 Å². The van der Waals surface area contributed by atoms with Gasteiger partial charge in [-0.1, -0.05) is 57.7 Å². The Kier molecular flexibility index (Phi) is 6.53. The van der Waals surface area contributed by atoms with Gasteiger partial charge in [-0.15, -0.1) is 0 Å². The van der Waals surface area contributed by atoms with Crippen molar-refractivity contribution in [1.29, 1.82) is 0 Å². The van der Waals surface area contributed by atoms with Crippen LogP contribution >= 0.6 is 0 Å². The second-order valence-electron chi connectivity index (χ2n) is 6.05. The number of rotatable bonds is 8. The molecule has 1 aromatic carbocycles. The summed E-state index contributed by atoms with van der Waals surface area (Å²) in [6.45, 7) is 4.39. The Hall–Kier alpha value is -1.94. The van der Waals surface area contributed by atoms with E-state index in [1.807, 2.05) is 24.3 Å². The highest BCUT2D eigenvalue weighted by Crippen LogP contribution is 2.30. The third kappa shape index (κ3) is 4.29. The quantitative estimate of drug-likeness (QED) is 0.330. The van der Waals surface area contributed by atoms with Gasteiger partial charge in [0.05, 0.1) is 5.52 Å². The summed E-state index contributed by atoms with van der Waals surface area (Å²) in [7, 11) is 0. The van der Waals surface area contributed by atoms with Crippen LogP contribution in [0.25, 0.3) is 10.9 Å². The molecule has 124 valence electrons. The van der Waals surface area contributed by atoms with Crippen LogP contribution in [-0.2, 0) is 0 Å². The summed E-state index contributed by atoms with van der Waals surface area (Å²) >= 11 is 0. The molecule has 0 bridgehead atoms. The number of nitrogens with zero attached hydrogens (tertiary/aromatic N) is 1. The van der Waals surface area contributed by atoms with Crippen LogP contribution in [-0.4, -0.2) is 10.9 Å². The van der Waals surface area contributed by atoms with Gasteiger partial charge in [0.1, 0.15) is 5.69 Å². The van der Waals surface area contributed by atoms with E-state index in [1.165, 1.54) is 25.7 Å². The molecule has 1 aromatic heterocycles. The third-order valence-electron chi connectivity index (χ3n) is 4.44. The molecule has 0 radical (unpaired) electrons. The SMILES string of the molecule is CCCCCCC(CC)c1cc2ccccc2nc1C(=O)NN. The number of benzene rings is 1. The third-order valence-corrected chi connectivity index (χ3v) is 4.44. The van der Waals surface area contributed by atoms with Gasteiger partial charge in [-0.05, 0) is 36.5 Å². The van der Waals surface area contributed by atoms with Crippen molar-refractivity contribution >= 4 is 16.8 Å². The zero-order chi connectivity index (χ0) is 16.7. The Morgan fingerprint density at radius 2 is 2.00 bits per heavy atom. The first-order chi connectivity index (χ1) is 11.2. The van der Waals surface area contributed by atoms with Crippen molar-refractivity contribution in [3.05, 3.63) is 41.6 Å². The van der Waals surface area contributed by atoms with E-state index in [9.17, 15) is 4.79 Å². The minimum absolute atomic E-state index is 0.308. The lowest BCUT2D eigenvalue weighted by molar-refractivity contribution is 0.0947. The number of amides is 1. The maximum absolute atomic E-state index is 12.2. The summed E-state index contributed by atoms with van der Waals surface area (Å²) < 4.78 is 0. The average Bonchev–Trinajstić information content (AvgIpc) is 2.60. The number of hydrazine groups is 1. The lowest BCUT2D eigenvalue weighted by Gasteiger charge is -2.19. The smallest absolute Gasteiger partial charge is 0.284 e. The van der Waals surface area contributed by atoms with Crippen LogP contribution < -0.4 is 11.3 Å². The van der Waals surface area contributed by atoms with E-state index in [0.717, 1.165) is 29.3 Å². The number of unbranched alkanes of at least 4 members (excludes halogenated alkanes) is 3. The zero-order valence-corrected chi connectivity index (χ0v) is 14.1. The second-order valence-corrected chi connectivity index (χ2v) is 6.05. The molecule has 1 atom stereocenters. The molecule has 4 heteroatoms. The van der Waals surface area contributed by atoms with Crippen molar-refractivity contribution in [3.63, 3.8) is 0 Å². The molecular formula is C19H27N3O. The molecule has 2 aromatic rings. The van der Waals surface area contributed by atoms with Crippen molar-refractivity contribution in [1.82, 2.24) is 10.4 Å². The fourth-order valence-electron chi connectivity index (χ4n) is 3.09. The van der Waals surface area contributed by atoms with Gasteiger partial charge in [-0.2, -0.15) is 0 Å². The zero-order valence-electron chi connectivity index (χ0n) is 14.1. The topological polar surface area (TPSA) is 68.0 Å². The van der Waals surface area contributed by atoms with E-state index in [2.05, 4.69) is 30.3 Å². The van der Waals surface area contributed by atoms with Crippen LogP contribution in [0, 0.1) is 0 Å². The number of hydrogen-bond donors (Lipinski definition) is 2. The van der Waals surface area contributed by atoms with Crippen LogP contribution in [0.5, 0.6) is 0 Å². The lowest BCUT2D eigenvalue weighted by atomic mass is 9.88. The van der Waals surface area contributed by atoms with Crippen LogP contribution in [0.2, 0.25) is 0 Å².